The fourth-order valence-electron chi connectivity index (χ4n) is 4.30. The molecule has 0 radical (unpaired) electrons. The number of fused-ring (bicyclic) bond motifs is 1. The van der Waals surface area contributed by atoms with Crippen LogP contribution >= 0.6 is 0 Å². The molecule has 1 heterocycles. The van der Waals surface area contributed by atoms with Crippen LogP contribution in [0.2, 0.25) is 0 Å². The minimum atomic E-state index is -1.09. The molecule has 1 amide bonds. The quantitative estimate of drug-likeness (QED) is 0.442. The number of carboxylic acid groups (broad SMARTS) is 1. The molecule has 2 rings (SSSR count). The number of nitrogens with zero attached hydrogens (tertiary/aromatic N) is 1. The normalized spacial score (nSPS) is 13.0. The average Bonchev–Trinajstić information content (AvgIpc) is 3.08. The van der Waals surface area contributed by atoms with Crippen LogP contribution in [-0.4, -0.2) is 25.0 Å². The van der Waals surface area contributed by atoms with Gasteiger partial charge in [0.25, 0.3) is 0 Å². The van der Waals surface area contributed by atoms with Gasteiger partial charge in [-0.1, -0.05) is 59.8 Å². The Morgan fingerprint density at radius 2 is 1.65 bits per heavy atom. The Bertz CT molecular complexity index is 784. The molecule has 1 aliphatic rings. The maximum absolute atomic E-state index is 12.8. The van der Waals surface area contributed by atoms with E-state index < -0.39 is 11.4 Å². The van der Waals surface area contributed by atoms with Crippen LogP contribution in [0.3, 0.4) is 0 Å². The number of rotatable bonds is 10. The number of hydrogen-bond donors (Lipinski definition) is 1. The zero-order valence-electron chi connectivity index (χ0n) is 20.7. The number of unbranched alkanes of at least 4 members (excludes halogenated alkanes) is 5. The number of amides is 1. The third-order valence-electron chi connectivity index (χ3n) is 6.23. The van der Waals surface area contributed by atoms with Gasteiger partial charge in [0.05, 0.1) is 11.4 Å². The summed E-state index contributed by atoms with van der Waals surface area (Å²) in [5.74, 6) is -1.14. The van der Waals surface area contributed by atoms with Crippen LogP contribution in [0.5, 0.6) is 0 Å². The molecule has 1 aromatic rings. The van der Waals surface area contributed by atoms with Gasteiger partial charge in [-0.2, -0.15) is 0 Å². The molecule has 0 atom stereocenters. The van der Waals surface area contributed by atoms with Gasteiger partial charge >= 0.3 is 29.6 Å². The minimum Gasteiger partial charge on any atom is -0.550 e. The SMILES string of the molecule is CCCCCCCCN1CCc2c(C)c(CC(=O)[O-])c(C)c(NC(=O)C(C)(C)C)c21.[Na+]. The van der Waals surface area contributed by atoms with Crippen molar-refractivity contribution in [2.24, 2.45) is 5.41 Å². The largest absolute Gasteiger partial charge is 1.00 e. The number of hydrogen-bond acceptors (Lipinski definition) is 4. The first-order chi connectivity index (χ1) is 14.1. The van der Waals surface area contributed by atoms with Crippen molar-refractivity contribution in [3.63, 3.8) is 0 Å². The summed E-state index contributed by atoms with van der Waals surface area (Å²) < 4.78 is 0. The molecule has 0 spiro atoms. The molecule has 0 bridgehead atoms. The maximum atomic E-state index is 12.8. The van der Waals surface area contributed by atoms with Crippen molar-refractivity contribution in [2.75, 3.05) is 23.3 Å². The van der Waals surface area contributed by atoms with Crippen LogP contribution in [0.15, 0.2) is 0 Å². The van der Waals surface area contributed by atoms with E-state index in [9.17, 15) is 14.7 Å². The average molecular weight is 439 g/mol. The predicted octanol–water partition coefficient (Wildman–Crippen LogP) is 1.31. The molecular weight excluding hydrogens is 399 g/mol. The van der Waals surface area contributed by atoms with Gasteiger partial charge in [-0.05, 0) is 48.9 Å². The summed E-state index contributed by atoms with van der Waals surface area (Å²) in [5.41, 5.74) is 5.19. The molecule has 0 saturated carbocycles. The molecule has 0 saturated heterocycles. The molecule has 6 heteroatoms. The van der Waals surface area contributed by atoms with Gasteiger partial charge in [-0.3, -0.25) is 4.79 Å². The van der Waals surface area contributed by atoms with Crippen molar-refractivity contribution < 1.29 is 44.3 Å². The second-order valence-corrected chi connectivity index (χ2v) is 9.69. The van der Waals surface area contributed by atoms with Crippen molar-refractivity contribution in [3.05, 3.63) is 22.3 Å². The number of carboxylic acids is 1. The second kappa shape index (κ2) is 12.3. The van der Waals surface area contributed by atoms with Gasteiger partial charge < -0.3 is 20.1 Å². The summed E-state index contributed by atoms with van der Waals surface area (Å²) in [7, 11) is 0. The van der Waals surface area contributed by atoms with Gasteiger partial charge in [-0.15, -0.1) is 0 Å². The van der Waals surface area contributed by atoms with E-state index in [0.29, 0.717) is 0 Å². The zero-order valence-corrected chi connectivity index (χ0v) is 22.7. The fourth-order valence-corrected chi connectivity index (χ4v) is 4.30. The third kappa shape index (κ3) is 7.23. The molecule has 5 nitrogen and oxygen atoms in total. The smallest absolute Gasteiger partial charge is 0.550 e. The molecule has 31 heavy (non-hydrogen) atoms. The summed E-state index contributed by atoms with van der Waals surface area (Å²) in [6.07, 6.45) is 8.23. The molecule has 168 valence electrons. The number of nitrogens with one attached hydrogen (secondary N) is 1. The predicted molar refractivity (Wildman–Crippen MR) is 122 cm³/mol. The van der Waals surface area contributed by atoms with Crippen LogP contribution < -0.4 is 44.9 Å². The molecule has 1 aromatic carbocycles. The van der Waals surface area contributed by atoms with Crippen LogP contribution in [0.25, 0.3) is 0 Å². The van der Waals surface area contributed by atoms with Gasteiger partial charge in [0.1, 0.15) is 0 Å². The topological polar surface area (TPSA) is 72.5 Å². The van der Waals surface area contributed by atoms with Gasteiger partial charge in [0, 0.05) is 30.9 Å². The first-order valence-electron chi connectivity index (χ1n) is 11.5. The van der Waals surface area contributed by atoms with E-state index in [1.54, 1.807) is 0 Å². The standard InChI is InChI=1S/C25H40N2O3.Na/c1-7-8-9-10-11-12-14-27-15-13-19-17(2)20(16-21(28)29)18(3)22(23(19)27)26-24(30)25(4,5)6;/h7-16H2,1-6H3,(H,26,30)(H,28,29);/q;+1/p-1. The summed E-state index contributed by atoms with van der Waals surface area (Å²) >= 11 is 0. The van der Waals surface area contributed by atoms with Crippen LogP contribution in [0.4, 0.5) is 11.4 Å². The molecule has 1 N–H and O–H groups in total. The van der Waals surface area contributed by atoms with Crippen molar-refractivity contribution in [3.8, 4) is 0 Å². The van der Waals surface area contributed by atoms with Crippen molar-refractivity contribution in [1.82, 2.24) is 0 Å². The summed E-state index contributed by atoms with van der Waals surface area (Å²) in [6, 6.07) is 0. The number of aliphatic carboxylic acids is 1. The Hall–Kier alpha value is -1.04. The number of carbonyl (C=O) groups is 2. The van der Waals surface area contributed by atoms with E-state index in [4.69, 9.17) is 0 Å². The van der Waals surface area contributed by atoms with E-state index in [2.05, 4.69) is 17.1 Å². The van der Waals surface area contributed by atoms with Crippen molar-refractivity contribution in [1.29, 1.82) is 0 Å². The van der Waals surface area contributed by atoms with Gasteiger partial charge in [-0.25, -0.2) is 0 Å². The molecule has 0 aliphatic carbocycles. The number of benzene rings is 1. The van der Waals surface area contributed by atoms with Crippen LogP contribution in [-0.2, 0) is 22.4 Å². The first kappa shape index (κ1) is 28.0. The molecule has 0 aromatic heterocycles. The molecule has 0 fully saturated rings. The summed E-state index contributed by atoms with van der Waals surface area (Å²) in [4.78, 5) is 26.6. The van der Waals surface area contributed by atoms with E-state index in [1.165, 1.54) is 37.7 Å². The summed E-state index contributed by atoms with van der Waals surface area (Å²) in [6.45, 7) is 13.7. The van der Waals surface area contributed by atoms with E-state index >= 15 is 0 Å². The second-order valence-electron chi connectivity index (χ2n) is 9.69. The van der Waals surface area contributed by atoms with Crippen molar-refractivity contribution in [2.45, 2.75) is 92.9 Å². The van der Waals surface area contributed by atoms with E-state index in [-0.39, 0.29) is 41.9 Å². The fraction of sp³-hybridized carbons (Fsp3) is 0.680. The molecule has 1 aliphatic heterocycles. The van der Waals surface area contributed by atoms with E-state index in [1.807, 2.05) is 34.6 Å². The Kier molecular flexibility index (Phi) is 11.1. The number of anilines is 2. The van der Waals surface area contributed by atoms with E-state index in [0.717, 1.165) is 54.0 Å². The van der Waals surface area contributed by atoms with Gasteiger partial charge in [0.2, 0.25) is 5.91 Å². The zero-order chi connectivity index (χ0) is 22.5. The Morgan fingerprint density at radius 3 is 2.23 bits per heavy atom. The Labute approximate surface area is 210 Å². The third-order valence-corrected chi connectivity index (χ3v) is 6.23. The minimum absolute atomic E-state index is 0. The van der Waals surface area contributed by atoms with Crippen molar-refractivity contribution >= 4 is 23.3 Å². The monoisotopic (exact) mass is 438 g/mol. The Morgan fingerprint density at radius 1 is 1.03 bits per heavy atom. The first-order valence-corrected chi connectivity index (χ1v) is 11.5. The molecular formula is C25H39N2NaO3. The van der Waals surface area contributed by atoms with Gasteiger partial charge in [0.15, 0.2) is 0 Å². The molecule has 0 unspecified atom stereocenters. The summed E-state index contributed by atoms with van der Waals surface area (Å²) in [5, 5.41) is 14.5. The number of carbonyl (C=O) groups excluding carboxylic acids is 2. The van der Waals surface area contributed by atoms with Crippen LogP contribution in [0.1, 0.15) is 88.5 Å². The maximum Gasteiger partial charge on any atom is 1.00 e. The van der Waals surface area contributed by atoms with Crippen LogP contribution in [0, 0.1) is 19.3 Å². The Balaban J connectivity index is 0.00000480.